The lowest BCUT2D eigenvalue weighted by Crippen LogP contribution is -2.02. The van der Waals surface area contributed by atoms with E-state index in [0.717, 1.165) is 39.2 Å². The average molecular weight is 1010 g/mol. The van der Waals surface area contributed by atoms with Crippen molar-refractivity contribution in [2.24, 2.45) is 0 Å². The Morgan fingerprint density at radius 2 is 0.847 bits per heavy atom. The predicted octanol–water partition coefficient (Wildman–Crippen LogP) is 9.16. The van der Waals surface area contributed by atoms with Crippen LogP contribution in [-0.4, -0.2) is 66.9 Å². The summed E-state index contributed by atoms with van der Waals surface area (Å²) in [5.74, 6) is 1.66. The number of hydrogen-bond acceptors (Lipinski definition) is 13. The monoisotopic (exact) mass is 1010 g/mol. The fourth-order valence-corrected chi connectivity index (χ4v) is 9.05. The van der Waals surface area contributed by atoms with E-state index in [1.165, 1.54) is 12.1 Å². The van der Waals surface area contributed by atoms with E-state index in [9.17, 15) is 23.5 Å². The van der Waals surface area contributed by atoms with E-state index in [4.69, 9.17) is 46.8 Å². The highest BCUT2D eigenvalue weighted by Crippen LogP contribution is 2.45. The molecule has 0 aliphatic heterocycles. The number of imidazole rings is 3. The number of aryl methyl sites for hydroxylation is 3. The van der Waals surface area contributed by atoms with E-state index >= 15 is 0 Å². The van der Waals surface area contributed by atoms with Crippen molar-refractivity contribution in [2.75, 3.05) is 0 Å². The van der Waals surface area contributed by atoms with E-state index in [2.05, 4.69) is 26.1 Å². The van der Waals surface area contributed by atoms with Crippen molar-refractivity contribution >= 4 is 70.1 Å². The van der Waals surface area contributed by atoms with Crippen molar-refractivity contribution in [1.29, 1.82) is 10.5 Å². The van der Waals surface area contributed by atoms with Crippen LogP contribution in [-0.2, 0) is 31.3 Å². The van der Waals surface area contributed by atoms with Crippen LogP contribution in [0.2, 0.25) is 0 Å². The second kappa shape index (κ2) is 19.9. The molecule has 0 aliphatic rings. The van der Waals surface area contributed by atoms with Gasteiger partial charge in [-0.3, -0.25) is 18.3 Å². The minimum Gasteiger partial charge on any atom is -0.290 e. The van der Waals surface area contributed by atoms with Gasteiger partial charge in [0.15, 0.2) is 5.69 Å². The second-order valence-electron chi connectivity index (χ2n) is 15.8. The van der Waals surface area contributed by atoms with E-state index in [1.807, 2.05) is 116 Å². The lowest BCUT2D eigenvalue weighted by molar-refractivity contribution is 0.483. The third kappa shape index (κ3) is 9.36. The zero-order valence-electron chi connectivity index (χ0n) is 37.7. The number of nitrogens with zero attached hydrogens (tertiary/aromatic N) is 9. The molecule has 3 heterocycles. The largest absolute Gasteiger partial charge is 0.425 e. The van der Waals surface area contributed by atoms with Crippen molar-refractivity contribution < 1.29 is 38.2 Å². The van der Waals surface area contributed by atoms with Gasteiger partial charge in [0.1, 0.15) is 50.6 Å². The Morgan fingerprint density at radius 1 is 0.514 bits per heavy atom. The average Bonchev–Trinajstić information content (AvgIpc) is 4.06. The van der Waals surface area contributed by atoms with Crippen LogP contribution in [0.3, 0.4) is 0 Å². The minimum atomic E-state index is -4.53. The van der Waals surface area contributed by atoms with E-state index in [-0.39, 0.29) is 4.90 Å². The van der Waals surface area contributed by atoms with Crippen LogP contribution in [0.4, 0.5) is 5.69 Å². The molecule has 0 spiro atoms. The van der Waals surface area contributed by atoms with Crippen LogP contribution in [0, 0.1) is 50.0 Å². The molecular weight excluding hydrogens is 979 g/mol. The highest BCUT2D eigenvalue weighted by molar-refractivity contribution is 7.85. The number of fused-ring (bicyclic) bond motifs is 6. The van der Waals surface area contributed by atoms with Gasteiger partial charge < -0.3 is 0 Å². The minimum absolute atomic E-state index is 0.275. The topological polar surface area (TPSA) is 262 Å². The number of nitriles is 2. The normalized spacial score (nSPS) is 10.9. The van der Waals surface area contributed by atoms with Gasteiger partial charge >= 0.3 is 21.2 Å². The zero-order chi connectivity index (χ0) is 51.6. The van der Waals surface area contributed by atoms with Crippen LogP contribution < -0.4 is 0 Å². The maximum atomic E-state index is 12.3. The molecule has 0 saturated carbocycles. The standard InChI is InChI=1S/C51H33N9O3S.2O3S/c1-30-25-33(28-52)15-22-40(30)49-55-44-46(58(49)36-11-7-5-8-12-36)43-47(59(37-13-9-6-10-14-37)51(57-43)42-24-17-35(54-4)27-32(42)3)45-48(44)60(38-18-20-39(21-19-38)64(61,62)63)50(56-45)41-23-16-34(29-53)26-31(41)2;2*1-4(2)3/h5-27H,1-3H3,(H,61,62,63);;. The third-order valence-corrected chi connectivity index (χ3v) is 12.4. The van der Waals surface area contributed by atoms with Crippen molar-refractivity contribution in [3.63, 3.8) is 0 Å². The molecule has 0 fully saturated rings. The predicted molar refractivity (Wildman–Crippen MR) is 266 cm³/mol. The summed E-state index contributed by atoms with van der Waals surface area (Å²) in [5.41, 5.74) is 11.8. The number of hydrogen-bond donors (Lipinski definition) is 1. The molecule has 354 valence electrons. The Morgan fingerprint density at radius 3 is 1.15 bits per heavy atom. The molecule has 0 saturated heterocycles. The highest BCUT2D eigenvalue weighted by atomic mass is 32.2. The van der Waals surface area contributed by atoms with Gasteiger partial charge in [0.05, 0.1) is 34.7 Å². The summed E-state index contributed by atoms with van der Waals surface area (Å²) >= 11 is 0. The van der Waals surface area contributed by atoms with Crippen LogP contribution in [0.5, 0.6) is 0 Å². The molecule has 10 rings (SSSR count). The maximum absolute atomic E-state index is 12.3. The molecule has 0 atom stereocenters. The Kier molecular flexibility index (Phi) is 13.5. The van der Waals surface area contributed by atoms with Gasteiger partial charge in [0.25, 0.3) is 10.1 Å². The lowest BCUT2D eigenvalue weighted by Gasteiger charge is -2.13. The maximum Gasteiger partial charge on any atom is 0.425 e. The van der Waals surface area contributed by atoms with Crippen molar-refractivity contribution in [1.82, 2.24) is 28.7 Å². The van der Waals surface area contributed by atoms with Gasteiger partial charge in [0.2, 0.25) is 0 Å². The molecule has 72 heavy (non-hydrogen) atoms. The van der Waals surface area contributed by atoms with Crippen molar-refractivity contribution in [2.45, 2.75) is 25.7 Å². The molecule has 18 nitrogen and oxygen atoms in total. The van der Waals surface area contributed by atoms with Gasteiger partial charge in [0, 0.05) is 33.8 Å². The Bertz CT molecular complexity index is 4220. The summed E-state index contributed by atoms with van der Waals surface area (Å²) in [6.07, 6.45) is 0. The fourth-order valence-electron chi connectivity index (χ4n) is 8.57. The molecule has 10 aromatic rings. The Hall–Kier alpha value is -9.43. The summed E-state index contributed by atoms with van der Waals surface area (Å²) in [6.45, 7) is 13.5. The number of para-hydroxylation sites is 2. The Labute approximate surface area is 413 Å². The summed E-state index contributed by atoms with van der Waals surface area (Å²) in [6, 6.07) is 46.5. The van der Waals surface area contributed by atoms with Gasteiger partial charge in [-0.1, -0.05) is 60.2 Å². The van der Waals surface area contributed by atoms with E-state index in [1.54, 1.807) is 36.4 Å². The van der Waals surface area contributed by atoms with Crippen molar-refractivity contribution in [3.05, 3.63) is 179 Å². The van der Waals surface area contributed by atoms with Crippen molar-refractivity contribution in [3.8, 4) is 63.4 Å². The van der Waals surface area contributed by atoms with E-state index < -0.39 is 31.3 Å². The first-order valence-electron chi connectivity index (χ1n) is 21.1. The van der Waals surface area contributed by atoms with E-state index in [0.29, 0.717) is 78.6 Å². The SMILES string of the molecule is O=S(=O)=O.O=S(=O)=O.[C-]#[N+]c1ccc(-c2nc3c4c(nc(-c5ccc(C#N)cc5C)n4-c4ccccc4)c4c(nc(-c5ccc(C#N)cc5C)n4-c4ccc(S(=O)(=O)O)cc4)c3n2-c2ccccc2)c(C)c1. The van der Waals surface area contributed by atoms with Crippen LogP contribution in [0.25, 0.3) is 89.2 Å². The van der Waals surface area contributed by atoms with Crippen LogP contribution in [0.1, 0.15) is 27.8 Å². The van der Waals surface area contributed by atoms with Gasteiger partial charge in [-0.05, 0) is 117 Å². The van der Waals surface area contributed by atoms with Gasteiger partial charge in [-0.25, -0.2) is 19.8 Å². The smallest absolute Gasteiger partial charge is 0.290 e. The first-order valence-corrected chi connectivity index (χ1v) is 24.5. The first kappa shape index (κ1) is 49.0. The molecular formula is C51H33N9O9S3. The number of rotatable bonds is 7. The Balaban J connectivity index is 0.000000809. The summed E-state index contributed by atoms with van der Waals surface area (Å²) in [4.78, 5) is 20.0. The highest BCUT2D eigenvalue weighted by Gasteiger charge is 2.31. The summed E-state index contributed by atoms with van der Waals surface area (Å²) in [7, 11) is -10.8. The molecule has 0 radical (unpaired) electrons. The molecule has 1 N–H and O–H groups in total. The zero-order valence-corrected chi connectivity index (χ0v) is 40.2. The van der Waals surface area contributed by atoms with Crippen LogP contribution >= 0.6 is 0 Å². The molecule has 0 amide bonds. The second-order valence-corrected chi connectivity index (χ2v) is 18.1. The fraction of sp³-hybridized carbons (Fsp3) is 0.0588. The number of benzene rings is 7. The quantitative estimate of drug-likeness (QED) is 0.115. The first-order chi connectivity index (χ1) is 34.4. The van der Waals surface area contributed by atoms with Gasteiger partial charge in [-0.2, -0.15) is 18.9 Å². The summed E-state index contributed by atoms with van der Waals surface area (Å²) in [5, 5.41) is 19.7. The molecule has 0 unspecified atom stereocenters. The molecule has 0 aliphatic carbocycles. The molecule has 0 bridgehead atoms. The molecule has 3 aromatic heterocycles. The number of aromatic nitrogens is 6. The van der Waals surface area contributed by atoms with Gasteiger partial charge in [-0.15, -0.1) is 25.3 Å². The lowest BCUT2D eigenvalue weighted by atomic mass is 10.0. The summed E-state index contributed by atoms with van der Waals surface area (Å²) < 4.78 is 91.5. The molecule has 21 heteroatoms. The van der Waals surface area contributed by atoms with Crippen LogP contribution in [0.15, 0.2) is 144 Å². The third-order valence-electron chi connectivity index (χ3n) is 11.5. The molecule has 7 aromatic carbocycles.